The second kappa shape index (κ2) is 7.54. The van der Waals surface area contributed by atoms with Gasteiger partial charge in [-0.15, -0.1) is 0 Å². The van der Waals surface area contributed by atoms with E-state index in [4.69, 9.17) is 4.74 Å². The molecule has 2 rings (SSSR count). The molecule has 1 N–H and O–H groups in total. The maximum absolute atomic E-state index is 12.6. The number of methoxy groups -OCH3 is 1. The molecule has 0 radical (unpaired) electrons. The highest BCUT2D eigenvalue weighted by Crippen LogP contribution is 2.30. The lowest BCUT2D eigenvalue weighted by Gasteiger charge is -2.36. The van der Waals surface area contributed by atoms with Crippen LogP contribution in [0.25, 0.3) is 0 Å². The van der Waals surface area contributed by atoms with Crippen molar-refractivity contribution in [2.45, 2.75) is 6.18 Å². The summed E-state index contributed by atoms with van der Waals surface area (Å²) in [4.78, 5) is 15.5. The van der Waals surface area contributed by atoms with Gasteiger partial charge < -0.3 is 19.9 Å². The SMILES string of the molecule is COCCNC(=O)N1CCN(c2ccc(C(F)(F)F)cc2)CC1. The second-order valence-corrected chi connectivity index (χ2v) is 5.24. The Morgan fingerprint density at radius 2 is 1.78 bits per heavy atom. The molecule has 0 spiro atoms. The summed E-state index contributed by atoms with van der Waals surface area (Å²) in [5, 5.41) is 2.75. The lowest BCUT2D eigenvalue weighted by molar-refractivity contribution is -0.137. The molecular weight excluding hydrogens is 311 g/mol. The van der Waals surface area contributed by atoms with Gasteiger partial charge in [-0.1, -0.05) is 0 Å². The molecule has 1 aromatic rings. The molecular formula is C15H20F3N3O2. The van der Waals surface area contributed by atoms with Crippen LogP contribution in [0.2, 0.25) is 0 Å². The van der Waals surface area contributed by atoms with Crippen LogP contribution in [0, 0.1) is 0 Å². The Hall–Kier alpha value is -1.96. The normalized spacial score (nSPS) is 15.7. The smallest absolute Gasteiger partial charge is 0.383 e. The molecule has 1 aliphatic rings. The van der Waals surface area contributed by atoms with Gasteiger partial charge in [0, 0.05) is 45.5 Å². The number of hydrogen-bond donors (Lipinski definition) is 1. The number of ether oxygens (including phenoxy) is 1. The van der Waals surface area contributed by atoms with E-state index in [0.29, 0.717) is 39.3 Å². The summed E-state index contributed by atoms with van der Waals surface area (Å²) in [6.45, 7) is 3.14. The molecule has 0 bridgehead atoms. The van der Waals surface area contributed by atoms with Crippen molar-refractivity contribution in [3.05, 3.63) is 29.8 Å². The summed E-state index contributed by atoms with van der Waals surface area (Å²) in [5.41, 5.74) is 0.0786. The van der Waals surface area contributed by atoms with Crippen LogP contribution in [-0.2, 0) is 10.9 Å². The van der Waals surface area contributed by atoms with E-state index in [0.717, 1.165) is 17.8 Å². The predicted molar refractivity (Wildman–Crippen MR) is 80.5 cm³/mol. The van der Waals surface area contributed by atoms with Crippen molar-refractivity contribution in [1.82, 2.24) is 10.2 Å². The first-order chi connectivity index (χ1) is 10.9. The van der Waals surface area contributed by atoms with Gasteiger partial charge in [0.2, 0.25) is 0 Å². The van der Waals surface area contributed by atoms with Gasteiger partial charge in [0.05, 0.1) is 12.2 Å². The van der Waals surface area contributed by atoms with Crippen molar-refractivity contribution in [3.8, 4) is 0 Å². The Balaban J connectivity index is 1.85. The van der Waals surface area contributed by atoms with Gasteiger partial charge in [-0.05, 0) is 24.3 Å². The van der Waals surface area contributed by atoms with Crippen LogP contribution in [0.4, 0.5) is 23.7 Å². The number of piperazine rings is 1. The zero-order valence-electron chi connectivity index (χ0n) is 12.9. The number of urea groups is 1. The molecule has 1 aliphatic heterocycles. The number of halogens is 3. The third-order valence-corrected chi connectivity index (χ3v) is 3.71. The first-order valence-corrected chi connectivity index (χ1v) is 7.36. The summed E-state index contributed by atoms with van der Waals surface area (Å²) in [7, 11) is 1.56. The topological polar surface area (TPSA) is 44.8 Å². The fraction of sp³-hybridized carbons (Fsp3) is 0.533. The standard InChI is InChI=1S/C15H20F3N3O2/c1-23-11-6-19-14(22)21-9-7-20(8-10-21)13-4-2-12(3-5-13)15(16,17)18/h2-5H,6-11H2,1H3,(H,19,22). The van der Waals surface area contributed by atoms with Crippen LogP contribution < -0.4 is 10.2 Å². The van der Waals surface area contributed by atoms with Crippen molar-refractivity contribution in [2.75, 3.05) is 51.3 Å². The van der Waals surface area contributed by atoms with Crippen LogP contribution in [0.15, 0.2) is 24.3 Å². The Kier molecular flexibility index (Phi) is 5.70. The van der Waals surface area contributed by atoms with Gasteiger partial charge in [-0.25, -0.2) is 4.79 Å². The van der Waals surface area contributed by atoms with Crippen LogP contribution in [0.1, 0.15) is 5.56 Å². The average Bonchev–Trinajstić information content (AvgIpc) is 2.54. The lowest BCUT2D eigenvalue weighted by atomic mass is 10.1. The number of hydrogen-bond acceptors (Lipinski definition) is 3. The number of benzene rings is 1. The number of anilines is 1. The fourth-order valence-corrected chi connectivity index (χ4v) is 2.40. The highest BCUT2D eigenvalue weighted by atomic mass is 19.4. The van der Waals surface area contributed by atoms with Crippen LogP contribution in [0.3, 0.4) is 0 Å². The molecule has 0 aromatic heterocycles. The molecule has 128 valence electrons. The van der Waals surface area contributed by atoms with Gasteiger partial charge in [-0.3, -0.25) is 0 Å². The molecule has 23 heavy (non-hydrogen) atoms. The first-order valence-electron chi connectivity index (χ1n) is 7.36. The maximum Gasteiger partial charge on any atom is 0.416 e. The van der Waals surface area contributed by atoms with E-state index in [9.17, 15) is 18.0 Å². The summed E-state index contributed by atoms with van der Waals surface area (Å²) < 4.78 is 42.5. The number of carbonyl (C=O) groups is 1. The molecule has 0 atom stereocenters. The number of amides is 2. The van der Waals surface area contributed by atoms with Crippen molar-refractivity contribution >= 4 is 11.7 Å². The molecule has 1 heterocycles. The predicted octanol–water partition coefficient (Wildman–Crippen LogP) is 2.18. The Morgan fingerprint density at radius 3 is 2.30 bits per heavy atom. The Labute approximate surface area is 133 Å². The second-order valence-electron chi connectivity index (χ2n) is 5.24. The van der Waals surface area contributed by atoms with Crippen molar-refractivity contribution in [1.29, 1.82) is 0 Å². The highest BCUT2D eigenvalue weighted by molar-refractivity contribution is 5.74. The van der Waals surface area contributed by atoms with Gasteiger partial charge >= 0.3 is 12.2 Å². The van der Waals surface area contributed by atoms with Crippen LogP contribution in [-0.4, -0.2) is 57.4 Å². The van der Waals surface area contributed by atoms with Crippen LogP contribution >= 0.6 is 0 Å². The lowest BCUT2D eigenvalue weighted by Crippen LogP contribution is -2.52. The summed E-state index contributed by atoms with van der Waals surface area (Å²) in [5.74, 6) is 0. The summed E-state index contributed by atoms with van der Waals surface area (Å²) in [6, 6.07) is 4.96. The monoisotopic (exact) mass is 331 g/mol. The van der Waals surface area contributed by atoms with Gasteiger partial charge in [0.15, 0.2) is 0 Å². The van der Waals surface area contributed by atoms with E-state index in [1.165, 1.54) is 12.1 Å². The number of nitrogens with zero attached hydrogens (tertiary/aromatic N) is 2. The van der Waals surface area contributed by atoms with Crippen molar-refractivity contribution < 1.29 is 22.7 Å². The Bertz CT molecular complexity index is 512. The number of nitrogens with one attached hydrogen (secondary N) is 1. The van der Waals surface area contributed by atoms with Gasteiger partial charge in [0.1, 0.15) is 0 Å². The van der Waals surface area contributed by atoms with E-state index >= 15 is 0 Å². The molecule has 1 saturated heterocycles. The van der Waals surface area contributed by atoms with E-state index < -0.39 is 11.7 Å². The number of carbonyl (C=O) groups excluding carboxylic acids is 1. The number of rotatable bonds is 4. The molecule has 8 heteroatoms. The highest BCUT2D eigenvalue weighted by Gasteiger charge is 2.30. The van der Waals surface area contributed by atoms with Crippen LogP contribution in [0.5, 0.6) is 0 Å². The number of alkyl halides is 3. The molecule has 1 aromatic carbocycles. The van der Waals surface area contributed by atoms with E-state index in [2.05, 4.69) is 5.32 Å². The first kappa shape index (κ1) is 17.4. The average molecular weight is 331 g/mol. The minimum atomic E-state index is -4.32. The minimum Gasteiger partial charge on any atom is -0.383 e. The summed E-state index contributed by atoms with van der Waals surface area (Å²) in [6.07, 6.45) is -4.32. The quantitative estimate of drug-likeness (QED) is 0.860. The van der Waals surface area contributed by atoms with Crippen molar-refractivity contribution in [2.24, 2.45) is 0 Å². The van der Waals surface area contributed by atoms with Gasteiger partial charge in [0.25, 0.3) is 0 Å². The van der Waals surface area contributed by atoms with E-state index in [1.54, 1.807) is 12.0 Å². The van der Waals surface area contributed by atoms with Gasteiger partial charge in [-0.2, -0.15) is 13.2 Å². The largest absolute Gasteiger partial charge is 0.416 e. The maximum atomic E-state index is 12.6. The molecule has 0 saturated carbocycles. The summed E-state index contributed by atoms with van der Waals surface area (Å²) >= 11 is 0. The molecule has 0 aliphatic carbocycles. The fourth-order valence-electron chi connectivity index (χ4n) is 2.40. The third-order valence-electron chi connectivity index (χ3n) is 3.71. The van der Waals surface area contributed by atoms with E-state index in [1.807, 2.05) is 4.90 Å². The van der Waals surface area contributed by atoms with E-state index in [-0.39, 0.29) is 6.03 Å². The Morgan fingerprint density at radius 1 is 1.17 bits per heavy atom. The van der Waals surface area contributed by atoms with Crippen molar-refractivity contribution in [3.63, 3.8) is 0 Å². The minimum absolute atomic E-state index is 0.144. The molecule has 2 amide bonds. The molecule has 1 fully saturated rings. The molecule has 5 nitrogen and oxygen atoms in total. The zero-order valence-corrected chi connectivity index (χ0v) is 12.9. The zero-order chi connectivity index (χ0) is 16.9. The third kappa shape index (κ3) is 4.75. The molecule has 0 unspecified atom stereocenters.